The molecule has 3 heteroatoms. The van der Waals surface area contributed by atoms with Gasteiger partial charge in [0.15, 0.2) is 0 Å². The fourth-order valence-electron chi connectivity index (χ4n) is 0.813. The normalized spacial score (nSPS) is 9.00. The fraction of sp³-hybridized carbons (Fsp3) is 0.571. The Morgan fingerprint density at radius 1 is 1.40 bits per heavy atom. The standard InChI is InChI=1S/C7H13N2.HI/c1-3-8-5-6-9(4-2)7-8;/h5-7H,3-4H2,1-2H3;1H/q+1;/p-1. The SMILES string of the molecule is CCn1cc[n+](CC)c1.[I-]. The van der Waals surface area contributed by atoms with Crippen LogP contribution in [0.4, 0.5) is 0 Å². The summed E-state index contributed by atoms with van der Waals surface area (Å²) in [7, 11) is 0. The lowest BCUT2D eigenvalue weighted by Gasteiger charge is -1.84. The largest absolute Gasteiger partial charge is 1.00 e. The molecule has 0 aromatic carbocycles. The van der Waals surface area contributed by atoms with Gasteiger partial charge < -0.3 is 24.0 Å². The first kappa shape index (κ1) is 9.94. The number of aromatic nitrogens is 2. The van der Waals surface area contributed by atoms with Gasteiger partial charge in [0, 0.05) is 0 Å². The highest BCUT2D eigenvalue weighted by atomic mass is 127. The summed E-state index contributed by atoms with van der Waals surface area (Å²) in [6, 6.07) is 0. The van der Waals surface area contributed by atoms with Gasteiger partial charge in [0.1, 0.15) is 12.4 Å². The van der Waals surface area contributed by atoms with Gasteiger partial charge in [0.05, 0.1) is 13.1 Å². The number of aryl methyl sites for hydroxylation is 2. The van der Waals surface area contributed by atoms with Gasteiger partial charge >= 0.3 is 0 Å². The van der Waals surface area contributed by atoms with Crippen LogP contribution in [0.2, 0.25) is 0 Å². The highest BCUT2D eigenvalue weighted by molar-refractivity contribution is 4.64. The number of rotatable bonds is 2. The topological polar surface area (TPSA) is 8.81 Å². The number of imidazole rings is 1. The molecular formula is C7H13IN2. The Balaban J connectivity index is 0.000000810. The molecule has 2 nitrogen and oxygen atoms in total. The fourth-order valence-corrected chi connectivity index (χ4v) is 0.813. The van der Waals surface area contributed by atoms with Crippen LogP contribution in [0, 0.1) is 0 Å². The lowest BCUT2D eigenvalue weighted by molar-refractivity contribution is -0.693. The maximum atomic E-state index is 2.16. The van der Waals surface area contributed by atoms with Gasteiger partial charge in [-0.3, -0.25) is 0 Å². The van der Waals surface area contributed by atoms with Crippen molar-refractivity contribution in [1.82, 2.24) is 4.57 Å². The molecule has 0 saturated carbocycles. The minimum atomic E-state index is 0. The molecule has 0 aliphatic rings. The van der Waals surface area contributed by atoms with Gasteiger partial charge in [-0.05, 0) is 13.8 Å². The van der Waals surface area contributed by atoms with E-state index in [2.05, 4.69) is 41.7 Å². The van der Waals surface area contributed by atoms with E-state index in [0.717, 1.165) is 13.1 Å². The van der Waals surface area contributed by atoms with Crippen LogP contribution in [0.25, 0.3) is 0 Å². The van der Waals surface area contributed by atoms with Crippen molar-refractivity contribution >= 4 is 0 Å². The van der Waals surface area contributed by atoms with E-state index >= 15 is 0 Å². The van der Waals surface area contributed by atoms with E-state index in [4.69, 9.17) is 0 Å². The first-order chi connectivity index (χ1) is 4.36. The van der Waals surface area contributed by atoms with E-state index in [1.165, 1.54) is 0 Å². The van der Waals surface area contributed by atoms with Gasteiger partial charge in [-0.1, -0.05) is 0 Å². The Kier molecular flexibility index (Phi) is 4.68. The zero-order valence-corrected chi connectivity index (χ0v) is 8.58. The molecule has 0 aliphatic carbocycles. The zero-order valence-electron chi connectivity index (χ0n) is 6.42. The summed E-state index contributed by atoms with van der Waals surface area (Å²) >= 11 is 0. The van der Waals surface area contributed by atoms with Crippen LogP contribution in [0.5, 0.6) is 0 Å². The number of nitrogens with zero attached hydrogens (tertiary/aromatic N) is 2. The van der Waals surface area contributed by atoms with E-state index < -0.39 is 0 Å². The van der Waals surface area contributed by atoms with Crippen molar-refractivity contribution in [3.05, 3.63) is 18.7 Å². The first-order valence-corrected chi connectivity index (χ1v) is 3.41. The summed E-state index contributed by atoms with van der Waals surface area (Å²) in [5.41, 5.74) is 0. The van der Waals surface area contributed by atoms with Crippen LogP contribution in [0.1, 0.15) is 13.8 Å². The molecular weight excluding hydrogens is 239 g/mol. The number of halogens is 1. The third-order valence-corrected chi connectivity index (χ3v) is 1.48. The average molecular weight is 252 g/mol. The van der Waals surface area contributed by atoms with Gasteiger partial charge in [0.2, 0.25) is 6.33 Å². The van der Waals surface area contributed by atoms with Gasteiger partial charge in [0.25, 0.3) is 0 Å². The molecule has 0 atom stereocenters. The summed E-state index contributed by atoms with van der Waals surface area (Å²) in [6.45, 7) is 6.40. The Bertz CT molecular complexity index is 165. The minimum absolute atomic E-state index is 0. The van der Waals surface area contributed by atoms with Crippen molar-refractivity contribution in [2.75, 3.05) is 0 Å². The van der Waals surface area contributed by atoms with Crippen molar-refractivity contribution in [2.24, 2.45) is 0 Å². The van der Waals surface area contributed by atoms with E-state index in [1.54, 1.807) is 0 Å². The molecule has 0 spiro atoms. The van der Waals surface area contributed by atoms with E-state index in [0.29, 0.717) is 0 Å². The molecule has 0 saturated heterocycles. The Morgan fingerprint density at radius 3 is 2.40 bits per heavy atom. The Morgan fingerprint density at radius 2 is 2.10 bits per heavy atom. The maximum absolute atomic E-state index is 2.16. The molecule has 0 N–H and O–H groups in total. The van der Waals surface area contributed by atoms with Crippen LogP contribution < -0.4 is 28.5 Å². The lowest BCUT2D eigenvalue weighted by atomic mass is 10.7. The second kappa shape index (κ2) is 4.71. The Labute approximate surface area is 78.9 Å². The van der Waals surface area contributed by atoms with Gasteiger partial charge in [-0.25, -0.2) is 9.13 Å². The van der Waals surface area contributed by atoms with Crippen LogP contribution >= 0.6 is 0 Å². The maximum Gasteiger partial charge on any atom is 0.243 e. The molecule has 1 aromatic rings. The lowest BCUT2D eigenvalue weighted by Crippen LogP contribution is -3.00. The summed E-state index contributed by atoms with van der Waals surface area (Å²) in [6.07, 6.45) is 6.28. The average Bonchev–Trinajstić information content (AvgIpc) is 2.34. The van der Waals surface area contributed by atoms with Crippen molar-refractivity contribution in [3.8, 4) is 0 Å². The molecule has 0 amide bonds. The summed E-state index contributed by atoms with van der Waals surface area (Å²) in [5.74, 6) is 0. The predicted molar refractivity (Wildman–Crippen MR) is 36.0 cm³/mol. The van der Waals surface area contributed by atoms with Crippen molar-refractivity contribution in [2.45, 2.75) is 26.9 Å². The minimum Gasteiger partial charge on any atom is -1.00 e. The quantitative estimate of drug-likeness (QED) is 0.418. The molecule has 0 fully saturated rings. The first-order valence-electron chi connectivity index (χ1n) is 3.41. The van der Waals surface area contributed by atoms with Gasteiger partial charge in [-0.2, -0.15) is 0 Å². The second-order valence-corrected chi connectivity index (χ2v) is 2.07. The third-order valence-electron chi connectivity index (χ3n) is 1.48. The van der Waals surface area contributed by atoms with E-state index in [9.17, 15) is 0 Å². The molecule has 10 heavy (non-hydrogen) atoms. The molecule has 0 radical (unpaired) electrons. The smallest absolute Gasteiger partial charge is 0.243 e. The highest BCUT2D eigenvalue weighted by Crippen LogP contribution is 1.81. The monoisotopic (exact) mass is 252 g/mol. The van der Waals surface area contributed by atoms with Crippen LogP contribution in [0.3, 0.4) is 0 Å². The summed E-state index contributed by atoms with van der Waals surface area (Å²) < 4.78 is 4.31. The molecule has 1 heterocycles. The van der Waals surface area contributed by atoms with Crippen molar-refractivity contribution in [3.63, 3.8) is 0 Å². The summed E-state index contributed by atoms with van der Waals surface area (Å²) in [4.78, 5) is 0. The second-order valence-electron chi connectivity index (χ2n) is 2.07. The third kappa shape index (κ3) is 2.28. The summed E-state index contributed by atoms with van der Waals surface area (Å²) in [5, 5.41) is 0. The highest BCUT2D eigenvalue weighted by Gasteiger charge is 1.95. The number of hydrogen-bond acceptors (Lipinski definition) is 0. The van der Waals surface area contributed by atoms with Crippen LogP contribution in [-0.4, -0.2) is 4.57 Å². The van der Waals surface area contributed by atoms with Gasteiger partial charge in [-0.15, -0.1) is 0 Å². The predicted octanol–water partition coefficient (Wildman–Crippen LogP) is -2.18. The van der Waals surface area contributed by atoms with E-state index in [-0.39, 0.29) is 24.0 Å². The molecule has 1 aromatic heterocycles. The van der Waals surface area contributed by atoms with Crippen molar-refractivity contribution < 1.29 is 28.5 Å². The molecule has 0 bridgehead atoms. The molecule has 0 unspecified atom stereocenters. The zero-order chi connectivity index (χ0) is 6.69. The Hall–Kier alpha value is -0.0600. The van der Waals surface area contributed by atoms with Crippen molar-refractivity contribution in [1.29, 1.82) is 0 Å². The van der Waals surface area contributed by atoms with Crippen LogP contribution in [-0.2, 0) is 13.1 Å². The molecule has 0 aliphatic heterocycles. The van der Waals surface area contributed by atoms with E-state index in [1.807, 2.05) is 0 Å². The molecule has 58 valence electrons. The van der Waals surface area contributed by atoms with Crippen LogP contribution in [0.15, 0.2) is 18.7 Å². The molecule has 1 rings (SSSR count). The number of hydrogen-bond donors (Lipinski definition) is 0.